The van der Waals surface area contributed by atoms with Crippen molar-refractivity contribution < 1.29 is 4.74 Å². The van der Waals surface area contributed by atoms with Crippen LogP contribution in [0.15, 0.2) is 24.3 Å². The second kappa shape index (κ2) is 4.09. The monoisotopic (exact) mass is 236 g/mol. The van der Waals surface area contributed by atoms with E-state index in [-0.39, 0.29) is 6.04 Å². The van der Waals surface area contributed by atoms with Crippen LogP contribution in [-0.4, -0.2) is 24.7 Å². The van der Waals surface area contributed by atoms with Gasteiger partial charge in [-0.25, -0.2) is 0 Å². The normalized spacial score (nSPS) is 21.4. The summed E-state index contributed by atoms with van der Waals surface area (Å²) in [7, 11) is 0. The minimum absolute atomic E-state index is 0.264. The van der Waals surface area contributed by atoms with E-state index in [4.69, 9.17) is 16.3 Å². The Morgan fingerprint density at radius 2 is 2.25 bits per heavy atom. The molecule has 3 rings (SSSR count). The van der Waals surface area contributed by atoms with E-state index in [0.29, 0.717) is 0 Å². The Balaban J connectivity index is 1.97. The van der Waals surface area contributed by atoms with Crippen molar-refractivity contribution in [1.29, 1.82) is 0 Å². The summed E-state index contributed by atoms with van der Waals surface area (Å²) in [6.45, 7) is 2.42. The summed E-state index contributed by atoms with van der Waals surface area (Å²) in [5, 5.41) is 5.34. The molecule has 1 saturated heterocycles. The van der Waals surface area contributed by atoms with Crippen molar-refractivity contribution in [2.24, 2.45) is 0 Å². The summed E-state index contributed by atoms with van der Waals surface area (Å²) in [4.78, 5) is 3.39. The topological polar surface area (TPSA) is 37.0 Å². The van der Waals surface area contributed by atoms with E-state index < -0.39 is 0 Å². The molecule has 1 aromatic heterocycles. The number of nitrogens with one attached hydrogen (secondary N) is 2. The molecule has 0 radical (unpaired) electrons. The lowest BCUT2D eigenvalue weighted by Gasteiger charge is -2.22. The number of benzene rings is 1. The third-order valence-corrected chi connectivity index (χ3v) is 3.14. The molecule has 2 heterocycles. The first-order chi connectivity index (χ1) is 7.83. The molecule has 2 N–H and O–H groups in total. The van der Waals surface area contributed by atoms with Gasteiger partial charge in [0.1, 0.15) is 0 Å². The Labute approximate surface area is 98.7 Å². The summed E-state index contributed by atoms with van der Waals surface area (Å²) >= 11 is 5.96. The van der Waals surface area contributed by atoms with Gasteiger partial charge < -0.3 is 15.0 Å². The predicted molar refractivity (Wildman–Crippen MR) is 64.9 cm³/mol. The standard InChI is InChI=1S/C12H13ClN2O/c13-9-1-2-10-8(5-9)6-11(15-10)12-7-16-4-3-14-12/h1-2,5-6,12,14-15H,3-4,7H2. The van der Waals surface area contributed by atoms with Crippen molar-refractivity contribution in [3.63, 3.8) is 0 Å². The molecule has 0 aliphatic carbocycles. The van der Waals surface area contributed by atoms with E-state index in [1.807, 2.05) is 18.2 Å². The Morgan fingerprint density at radius 1 is 1.31 bits per heavy atom. The first kappa shape index (κ1) is 10.1. The summed E-state index contributed by atoms with van der Waals surface area (Å²) in [6.07, 6.45) is 0. The Bertz CT molecular complexity index is 503. The van der Waals surface area contributed by atoms with Crippen LogP contribution < -0.4 is 5.32 Å². The van der Waals surface area contributed by atoms with E-state index in [1.165, 1.54) is 0 Å². The number of aromatic amines is 1. The quantitative estimate of drug-likeness (QED) is 0.798. The van der Waals surface area contributed by atoms with Crippen LogP contribution in [-0.2, 0) is 4.74 Å². The van der Waals surface area contributed by atoms with E-state index in [9.17, 15) is 0 Å². The molecule has 0 saturated carbocycles. The summed E-state index contributed by atoms with van der Waals surface area (Å²) in [6, 6.07) is 8.27. The SMILES string of the molecule is Clc1ccc2[nH]c(C3COCCN3)cc2c1. The summed E-state index contributed by atoms with van der Waals surface area (Å²) in [5.41, 5.74) is 2.28. The van der Waals surface area contributed by atoms with Gasteiger partial charge in [0.05, 0.1) is 19.3 Å². The van der Waals surface area contributed by atoms with Crippen LogP contribution in [0.5, 0.6) is 0 Å². The van der Waals surface area contributed by atoms with Crippen molar-refractivity contribution >= 4 is 22.5 Å². The van der Waals surface area contributed by atoms with Crippen molar-refractivity contribution in [1.82, 2.24) is 10.3 Å². The third kappa shape index (κ3) is 1.82. The van der Waals surface area contributed by atoms with Crippen molar-refractivity contribution in [3.05, 3.63) is 35.0 Å². The summed E-state index contributed by atoms with van der Waals surface area (Å²) in [5.74, 6) is 0. The molecule has 1 fully saturated rings. The molecule has 3 nitrogen and oxygen atoms in total. The molecule has 1 aliphatic heterocycles. The zero-order valence-electron chi connectivity index (χ0n) is 8.79. The van der Waals surface area contributed by atoms with Crippen LogP contribution in [0.2, 0.25) is 5.02 Å². The molecule has 0 bridgehead atoms. The minimum atomic E-state index is 0.264. The lowest BCUT2D eigenvalue weighted by atomic mass is 10.2. The van der Waals surface area contributed by atoms with Gasteiger partial charge in [-0.1, -0.05) is 11.6 Å². The van der Waals surface area contributed by atoms with Gasteiger partial charge in [-0.05, 0) is 24.3 Å². The number of aromatic nitrogens is 1. The molecular formula is C12H13ClN2O. The Morgan fingerprint density at radius 3 is 3.06 bits per heavy atom. The van der Waals surface area contributed by atoms with E-state index in [2.05, 4.69) is 16.4 Å². The van der Waals surface area contributed by atoms with Gasteiger partial charge in [0.2, 0.25) is 0 Å². The lowest BCUT2D eigenvalue weighted by molar-refractivity contribution is 0.0758. The number of halogens is 1. The highest BCUT2D eigenvalue weighted by Crippen LogP contribution is 2.24. The highest BCUT2D eigenvalue weighted by atomic mass is 35.5. The van der Waals surface area contributed by atoms with Gasteiger partial charge in [0, 0.05) is 28.2 Å². The fourth-order valence-corrected chi connectivity index (χ4v) is 2.26. The maximum atomic E-state index is 5.96. The number of rotatable bonds is 1. The molecule has 2 aromatic rings. The maximum absolute atomic E-state index is 5.96. The molecule has 1 aliphatic rings. The fraction of sp³-hybridized carbons (Fsp3) is 0.333. The number of morpholine rings is 1. The maximum Gasteiger partial charge on any atom is 0.0711 e. The van der Waals surface area contributed by atoms with Crippen LogP contribution in [0.25, 0.3) is 10.9 Å². The average Bonchev–Trinajstić information content (AvgIpc) is 2.73. The van der Waals surface area contributed by atoms with Gasteiger partial charge in [0.15, 0.2) is 0 Å². The Kier molecular flexibility index (Phi) is 2.59. The zero-order chi connectivity index (χ0) is 11.0. The van der Waals surface area contributed by atoms with Gasteiger partial charge in [-0.3, -0.25) is 0 Å². The largest absolute Gasteiger partial charge is 0.378 e. The summed E-state index contributed by atoms with van der Waals surface area (Å²) < 4.78 is 5.45. The first-order valence-electron chi connectivity index (χ1n) is 5.42. The van der Waals surface area contributed by atoms with Crippen LogP contribution in [0.1, 0.15) is 11.7 Å². The van der Waals surface area contributed by atoms with Gasteiger partial charge in [0.25, 0.3) is 0 Å². The van der Waals surface area contributed by atoms with Gasteiger partial charge in [-0.15, -0.1) is 0 Å². The number of hydrogen-bond acceptors (Lipinski definition) is 2. The molecule has 84 valence electrons. The van der Waals surface area contributed by atoms with E-state index in [0.717, 1.165) is 41.4 Å². The van der Waals surface area contributed by atoms with E-state index in [1.54, 1.807) is 0 Å². The van der Waals surface area contributed by atoms with Crippen LogP contribution >= 0.6 is 11.6 Å². The molecule has 16 heavy (non-hydrogen) atoms. The van der Waals surface area contributed by atoms with Crippen molar-refractivity contribution in [2.75, 3.05) is 19.8 Å². The van der Waals surface area contributed by atoms with Crippen LogP contribution in [0.4, 0.5) is 0 Å². The van der Waals surface area contributed by atoms with E-state index >= 15 is 0 Å². The fourth-order valence-electron chi connectivity index (χ4n) is 2.08. The van der Waals surface area contributed by atoms with Gasteiger partial charge in [-0.2, -0.15) is 0 Å². The smallest absolute Gasteiger partial charge is 0.0711 e. The molecule has 1 unspecified atom stereocenters. The number of hydrogen-bond donors (Lipinski definition) is 2. The lowest BCUT2D eigenvalue weighted by Crippen LogP contribution is -2.34. The van der Waals surface area contributed by atoms with Crippen LogP contribution in [0, 0.1) is 0 Å². The van der Waals surface area contributed by atoms with Gasteiger partial charge >= 0.3 is 0 Å². The molecule has 4 heteroatoms. The molecular weight excluding hydrogens is 224 g/mol. The zero-order valence-corrected chi connectivity index (χ0v) is 9.55. The highest BCUT2D eigenvalue weighted by molar-refractivity contribution is 6.31. The molecule has 1 atom stereocenters. The molecule has 0 amide bonds. The Hall–Kier alpha value is -1.03. The average molecular weight is 237 g/mol. The van der Waals surface area contributed by atoms with Crippen molar-refractivity contribution in [2.45, 2.75) is 6.04 Å². The second-order valence-electron chi connectivity index (χ2n) is 4.04. The predicted octanol–water partition coefficient (Wildman–Crippen LogP) is 2.48. The minimum Gasteiger partial charge on any atom is -0.378 e. The van der Waals surface area contributed by atoms with Crippen LogP contribution in [0.3, 0.4) is 0 Å². The number of ether oxygens (including phenoxy) is 1. The number of H-pyrrole nitrogens is 1. The number of fused-ring (bicyclic) bond motifs is 1. The molecule has 0 spiro atoms. The van der Waals surface area contributed by atoms with Crippen molar-refractivity contribution in [3.8, 4) is 0 Å². The second-order valence-corrected chi connectivity index (χ2v) is 4.47. The highest BCUT2D eigenvalue weighted by Gasteiger charge is 2.16. The molecule has 1 aromatic carbocycles. The third-order valence-electron chi connectivity index (χ3n) is 2.90. The first-order valence-corrected chi connectivity index (χ1v) is 5.80.